The smallest absolute Gasteiger partial charge is 0.414 e. The molecule has 1 amide bonds. The first-order chi connectivity index (χ1) is 12.2. The highest BCUT2D eigenvalue weighted by molar-refractivity contribution is 5.91. The molecule has 2 aromatic carbocycles. The summed E-state index contributed by atoms with van der Waals surface area (Å²) >= 11 is 0. The van der Waals surface area contributed by atoms with Crippen molar-refractivity contribution < 1.29 is 13.9 Å². The molecular weight excluding hydrogens is 330 g/mol. The molecule has 0 aliphatic heterocycles. The van der Waals surface area contributed by atoms with Crippen molar-refractivity contribution >= 4 is 22.7 Å². The molecule has 0 unspecified atom stereocenters. The van der Waals surface area contributed by atoms with Crippen LogP contribution in [0.25, 0.3) is 22.3 Å². The Hall–Kier alpha value is -3.08. The van der Waals surface area contributed by atoms with Crippen molar-refractivity contribution in [1.82, 2.24) is 0 Å². The van der Waals surface area contributed by atoms with Gasteiger partial charge in [0.1, 0.15) is 16.9 Å². The van der Waals surface area contributed by atoms with Crippen LogP contribution >= 0.6 is 0 Å². The Balaban J connectivity index is 1.98. The minimum atomic E-state index is -0.591. The minimum absolute atomic E-state index is 0.162. The first-order valence-electron chi connectivity index (χ1n) is 8.35. The molecule has 0 aliphatic carbocycles. The van der Waals surface area contributed by atoms with Gasteiger partial charge in [-0.1, -0.05) is 30.3 Å². The Morgan fingerprint density at radius 2 is 1.73 bits per heavy atom. The fourth-order valence-corrected chi connectivity index (χ4v) is 2.53. The van der Waals surface area contributed by atoms with Crippen LogP contribution in [0.1, 0.15) is 20.8 Å². The van der Waals surface area contributed by atoms with Gasteiger partial charge in [-0.25, -0.2) is 4.79 Å². The predicted molar refractivity (Wildman–Crippen MR) is 103 cm³/mol. The van der Waals surface area contributed by atoms with E-state index in [0.29, 0.717) is 22.4 Å². The second kappa shape index (κ2) is 6.67. The van der Waals surface area contributed by atoms with E-state index in [9.17, 15) is 9.59 Å². The number of rotatable bonds is 2. The number of carbonyl (C=O) groups excluding carboxylic acids is 1. The van der Waals surface area contributed by atoms with Crippen LogP contribution in [0.3, 0.4) is 0 Å². The first kappa shape index (κ1) is 17.7. The van der Waals surface area contributed by atoms with Gasteiger partial charge in [0.25, 0.3) is 0 Å². The number of nitrogens with zero attached hydrogens (tertiary/aromatic N) is 1. The monoisotopic (exact) mass is 351 g/mol. The van der Waals surface area contributed by atoms with Crippen LogP contribution in [0.5, 0.6) is 0 Å². The summed E-state index contributed by atoms with van der Waals surface area (Å²) in [6.45, 7) is 5.41. The summed E-state index contributed by atoms with van der Waals surface area (Å²) in [6, 6.07) is 16.0. The van der Waals surface area contributed by atoms with Crippen molar-refractivity contribution in [2.24, 2.45) is 0 Å². The lowest BCUT2D eigenvalue weighted by atomic mass is 10.1. The number of amides is 1. The van der Waals surface area contributed by atoms with Crippen LogP contribution in [0.4, 0.5) is 10.5 Å². The third-order valence-electron chi connectivity index (χ3n) is 3.82. The van der Waals surface area contributed by atoms with Crippen molar-refractivity contribution in [1.29, 1.82) is 0 Å². The fraction of sp³-hybridized carbons (Fsp3) is 0.238. The number of benzene rings is 2. The third kappa shape index (κ3) is 3.77. The molecule has 1 heterocycles. The molecular formula is C21H21NO4. The van der Waals surface area contributed by atoms with E-state index in [1.54, 1.807) is 46.0 Å². The Morgan fingerprint density at radius 1 is 1.04 bits per heavy atom. The van der Waals surface area contributed by atoms with Crippen LogP contribution in [0.15, 0.2) is 63.8 Å². The van der Waals surface area contributed by atoms with Gasteiger partial charge in [0.2, 0.25) is 0 Å². The molecule has 0 bridgehead atoms. The highest BCUT2D eigenvalue weighted by Crippen LogP contribution is 2.25. The number of carbonyl (C=O) groups is 1. The number of hydrogen-bond donors (Lipinski definition) is 0. The zero-order valence-electron chi connectivity index (χ0n) is 15.3. The van der Waals surface area contributed by atoms with Gasteiger partial charge in [0.05, 0.1) is 5.39 Å². The van der Waals surface area contributed by atoms with Gasteiger partial charge in [-0.05, 0) is 39.0 Å². The van der Waals surface area contributed by atoms with Crippen LogP contribution in [-0.4, -0.2) is 18.7 Å². The minimum Gasteiger partial charge on any atom is -0.456 e. The summed E-state index contributed by atoms with van der Waals surface area (Å²) in [6.07, 6.45) is -0.484. The van der Waals surface area contributed by atoms with Gasteiger partial charge in [0, 0.05) is 24.4 Å². The molecule has 26 heavy (non-hydrogen) atoms. The molecule has 134 valence electrons. The molecule has 0 saturated carbocycles. The molecule has 0 spiro atoms. The molecule has 3 aromatic rings. The lowest BCUT2D eigenvalue weighted by molar-refractivity contribution is 0.0589. The fourth-order valence-electron chi connectivity index (χ4n) is 2.53. The molecule has 0 atom stereocenters. The molecule has 5 nitrogen and oxygen atoms in total. The van der Waals surface area contributed by atoms with Gasteiger partial charge < -0.3 is 9.15 Å². The van der Waals surface area contributed by atoms with Crippen LogP contribution in [-0.2, 0) is 4.74 Å². The van der Waals surface area contributed by atoms with E-state index >= 15 is 0 Å². The molecule has 0 N–H and O–H groups in total. The van der Waals surface area contributed by atoms with Gasteiger partial charge >= 0.3 is 6.09 Å². The number of anilines is 1. The number of ether oxygens (including phenoxy) is 1. The number of fused-ring (bicyclic) bond motifs is 1. The van der Waals surface area contributed by atoms with Crippen molar-refractivity contribution in [3.63, 3.8) is 0 Å². The van der Waals surface area contributed by atoms with Gasteiger partial charge in [0.15, 0.2) is 5.43 Å². The molecule has 1 aromatic heterocycles. The summed E-state index contributed by atoms with van der Waals surface area (Å²) in [5.41, 5.74) is 1.11. The average Bonchev–Trinajstić information content (AvgIpc) is 2.60. The standard InChI is InChI=1S/C21H21NO4/c1-21(2,3)26-20(24)22(4)15-10-11-18-16(12-15)17(23)13-19(25-18)14-8-6-5-7-9-14/h5-13H,1-4H3. The zero-order chi connectivity index (χ0) is 18.9. The maximum absolute atomic E-state index is 12.6. The summed E-state index contributed by atoms with van der Waals surface area (Å²) in [5.74, 6) is 0.511. The van der Waals surface area contributed by atoms with Crippen molar-refractivity contribution in [2.45, 2.75) is 26.4 Å². The lowest BCUT2D eigenvalue weighted by Gasteiger charge is -2.24. The largest absolute Gasteiger partial charge is 0.456 e. The van der Waals surface area contributed by atoms with Crippen LogP contribution in [0.2, 0.25) is 0 Å². The number of hydrogen-bond acceptors (Lipinski definition) is 4. The van der Waals surface area contributed by atoms with E-state index in [1.807, 2.05) is 30.3 Å². The summed E-state index contributed by atoms with van der Waals surface area (Å²) in [5, 5.41) is 0.414. The molecule has 3 rings (SSSR count). The van der Waals surface area contributed by atoms with Gasteiger partial charge in [-0.15, -0.1) is 0 Å². The highest BCUT2D eigenvalue weighted by atomic mass is 16.6. The van der Waals surface area contributed by atoms with Gasteiger partial charge in [-0.3, -0.25) is 9.69 Å². The van der Waals surface area contributed by atoms with Crippen molar-refractivity contribution in [3.8, 4) is 11.3 Å². The molecule has 5 heteroatoms. The Kier molecular flexibility index (Phi) is 4.55. The summed E-state index contributed by atoms with van der Waals surface area (Å²) < 4.78 is 11.2. The van der Waals surface area contributed by atoms with Crippen LogP contribution < -0.4 is 10.3 Å². The van der Waals surface area contributed by atoms with Gasteiger partial charge in [-0.2, -0.15) is 0 Å². The molecule has 0 saturated heterocycles. The van der Waals surface area contributed by atoms with Crippen molar-refractivity contribution in [2.75, 3.05) is 11.9 Å². The Labute approximate surface area is 151 Å². The molecule has 0 fully saturated rings. The SMILES string of the molecule is CN(C(=O)OC(C)(C)C)c1ccc2oc(-c3ccccc3)cc(=O)c2c1. The maximum atomic E-state index is 12.6. The second-order valence-electron chi connectivity index (χ2n) is 7.06. The van der Waals surface area contributed by atoms with E-state index in [0.717, 1.165) is 5.56 Å². The molecule has 0 radical (unpaired) electrons. The van der Waals surface area contributed by atoms with E-state index in [1.165, 1.54) is 11.0 Å². The molecule has 0 aliphatic rings. The highest BCUT2D eigenvalue weighted by Gasteiger charge is 2.21. The predicted octanol–water partition coefficient (Wildman–Crippen LogP) is 4.83. The topological polar surface area (TPSA) is 59.8 Å². The normalized spacial score (nSPS) is 11.4. The maximum Gasteiger partial charge on any atom is 0.414 e. The van der Waals surface area contributed by atoms with Crippen LogP contribution in [0, 0.1) is 0 Å². The average molecular weight is 351 g/mol. The Bertz CT molecular complexity index is 1000. The van der Waals surface area contributed by atoms with E-state index in [-0.39, 0.29) is 5.43 Å². The summed E-state index contributed by atoms with van der Waals surface area (Å²) in [4.78, 5) is 26.1. The van der Waals surface area contributed by atoms with E-state index in [2.05, 4.69) is 0 Å². The second-order valence-corrected chi connectivity index (χ2v) is 7.06. The summed E-state index contributed by atoms with van der Waals surface area (Å²) in [7, 11) is 1.61. The first-order valence-corrected chi connectivity index (χ1v) is 8.35. The van der Waals surface area contributed by atoms with E-state index in [4.69, 9.17) is 9.15 Å². The Morgan fingerprint density at radius 3 is 2.38 bits per heavy atom. The lowest BCUT2D eigenvalue weighted by Crippen LogP contribution is -2.34. The van der Waals surface area contributed by atoms with E-state index < -0.39 is 11.7 Å². The third-order valence-corrected chi connectivity index (χ3v) is 3.82. The zero-order valence-corrected chi connectivity index (χ0v) is 15.3. The quantitative estimate of drug-likeness (QED) is 0.663. The van der Waals surface area contributed by atoms with Crippen molar-refractivity contribution in [3.05, 3.63) is 64.8 Å².